The molecule has 0 aromatic heterocycles. The van der Waals surface area contributed by atoms with Gasteiger partial charge in [0.2, 0.25) is 0 Å². The van der Waals surface area contributed by atoms with Crippen molar-refractivity contribution in [2.45, 2.75) is 77.2 Å². The van der Waals surface area contributed by atoms with Gasteiger partial charge in [0.1, 0.15) is 37.1 Å². The number of ether oxygens (including phenoxy) is 4. The SMILES string of the molecule is COc1ccc(CN2CC(F)CC(c3ccc4c(c3C)COC4=O)C2)cc1.COc1ccc(CN2CC(F)CC(c3ccc4c(c3C)COC4=O)C2)cc1. The number of likely N-dealkylation sites (tertiary alicyclic amines) is 2. The highest BCUT2D eigenvalue weighted by molar-refractivity contribution is 5.94. The van der Waals surface area contributed by atoms with Crippen LogP contribution in [0.5, 0.6) is 11.5 Å². The van der Waals surface area contributed by atoms with Crippen molar-refractivity contribution in [3.63, 3.8) is 0 Å². The van der Waals surface area contributed by atoms with Crippen molar-refractivity contribution in [3.05, 3.63) is 128 Å². The Morgan fingerprint density at radius 1 is 0.593 bits per heavy atom. The maximum Gasteiger partial charge on any atom is 0.338 e. The first-order valence-corrected chi connectivity index (χ1v) is 18.7. The fourth-order valence-electron chi connectivity index (χ4n) is 8.56. The fraction of sp³-hybridized carbons (Fsp3) is 0.409. The summed E-state index contributed by atoms with van der Waals surface area (Å²) in [7, 11) is 3.30. The molecular weight excluding hydrogens is 690 g/mol. The average molecular weight is 739 g/mol. The number of cyclic esters (lactones) is 2. The summed E-state index contributed by atoms with van der Waals surface area (Å²) < 4.78 is 49.7. The molecule has 54 heavy (non-hydrogen) atoms. The molecule has 8 nitrogen and oxygen atoms in total. The lowest BCUT2D eigenvalue weighted by molar-refractivity contribution is 0.0526. The Morgan fingerprint density at radius 3 is 1.35 bits per heavy atom. The average Bonchev–Trinajstić information content (AvgIpc) is 3.75. The van der Waals surface area contributed by atoms with Gasteiger partial charge in [-0.05, 0) is 108 Å². The van der Waals surface area contributed by atoms with Crippen molar-refractivity contribution < 1.29 is 37.3 Å². The molecule has 0 aliphatic carbocycles. The van der Waals surface area contributed by atoms with Gasteiger partial charge in [-0.15, -0.1) is 0 Å². The number of nitrogens with zero attached hydrogens (tertiary/aromatic N) is 2. The quantitative estimate of drug-likeness (QED) is 0.169. The van der Waals surface area contributed by atoms with Gasteiger partial charge in [0.15, 0.2) is 0 Å². The molecule has 2 fully saturated rings. The maximum absolute atomic E-state index is 14.5. The van der Waals surface area contributed by atoms with Crippen LogP contribution < -0.4 is 9.47 Å². The first-order chi connectivity index (χ1) is 26.1. The third kappa shape index (κ3) is 8.15. The highest BCUT2D eigenvalue weighted by Gasteiger charge is 2.33. The summed E-state index contributed by atoms with van der Waals surface area (Å²) in [6.45, 7) is 8.64. The van der Waals surface area contributed by atoms with Gasteiger partial charge in [-0.1, -0.05) is 36.4 Å². The lowest BCUT2D eigenvalue weighted by Gasteiger charge is -2.36. The van der Waals surface area contributed by atoms with E-state index in [0.717, 1.165) is 69.1 Å². The van der Waals surface area contributed by atoms with Crippen molar-refractivity contribution in [2.24, 2.45) is 0 Å². The lowest BCUT2D eigenvalue weighted by atomic mass is 9.84. The molecule has 0 spiro atoms. The number of piperidine rings is 2. The number of fused-ring (bicyclic) bond motifs is 2. The Labute approximate surface area is 316 Å². The molecule has 0 saturated carbocycles. The highest BCUT2D eigenvalue weighted by atomic mass is 19.1. The van der Waals surface area contributed by atoms with Crippen LogP contribution >= 0.6 is 0 Å². The van der Waals surface area contributed by atoms with Crippen LogP contribution in [0.4, 0.5) is 8.78 Å². The Bertz CT molecular complexity index is 1840. The van der Waals surface area contributed by atoms with Gasteiger partial charge in [0.05, 0.1) is 25.3 Å². The number of halogens is 2. The van der Waals surface area contributed by atoms with E-state index >= 15 is 0 Å². The summed E-state index contributed by atoms with van der Waals surface area (Å²) in [4.78, 5) is 27.9. The van der Waals surface area contributed by atoms with E-state index in [0.29, 0.717) is 63.4 Å². The van der Waals surface area contributed by atoms with Crippen molar-refractivity contribution in [2.75, 3.05) is 40.4 Å². The molecule has 0 N–H and O–H groups in total. The van der Waals surface area contributed by atoms with Crippen LogP contribution in [0.25, 0.3) is 0 Å². The zero-order valence-electron chi connectivity index (χ0n) is 31.4. The standard InChI is InChI=1S/2C22H24FNO3/c2*1-14-19(7-8-20-21(14)13-27-22(20)25)16-9-17(23)12-24(11-16)10-15-3-5-18(26-2)6-4-15/h2*3-8,16-17H,9-13H2,1-2H3. The summed E-state index contributed by atoms with van der Waals surface area (Å²) in [6, 6.07) is 23.5. The molecule has 4 aromatic rings. The van der Waals surface area contributed by atoms with Gasteiger partial charge in [-0.2, -0.15) is 0 Å². The molecule has 4 aromatic carbocycles. The second kappa shape index (κ2) is 16.3. The molecule has 0 amide bonds. The summed E-state index contributed by atoms with van der Waals surface area (Å²) in [6.07, 6.45) is -0.666. The molecule has 4 atom stereocenters. The summed E-state index contributed by atoms with van der Waals surface area (Å²) >= 11 is 0. The minimum absolute atomic E-state index is 0.119. The molecule has 10 heteroatoms. The third-order valence-corrected chi connectivity index (χ3v) is 11.4. The molecule has 4 heterocycles. The Balaban J connectivity index is 0.000000167. The van der Waals surface area contributed by atoms with Gasteiger partial charge in [0.25, 0.3) is 0 Å². The minimum atomic E-state index is -0.854. The van der Waals surface area contributed by atoms with Crippen LogP contribution in [0.1, 0.15) is 89.9 Å². The third-order valence-electron chi connectivity index (χ3n) is 11.4. The molecule has 0 radical (unpaired) electrons. The molecule has 284 valence electrons. The zero-order valence-corrected chi connectivity index (χ0v) is 31.4. The number of esters is 2. The highest BCUT2D eigenvalue weighted by Crippen LogP contribution is 2.37. The van der Waals surface area contributed by atoms with E-state index in [9.17, 15) is 18.4 Å². The number of hydrogen-bond donors (Lipinski definition) is 0. The van der Waals surface area contributed by atoms with Crippen LogP contribution in [0.2, 0.25) is 0 Å². The number of alkyl halides is 2. The summed E-state index contributed by atoms with van der Waals surface area (Å²) in [5.74, 6) is 1.37. The number of carbonyl (C=O) groups excluding carboxylic acids is 2. The number of benzene rings is 4. The van der Waals surface area contributed by atoms with Crippen LogP contribution in [0, 0.1) is 13.8 Å². The first-order valence-electron chi connectivity index (χ1n) is 18.7. The molecule has 4 unspecified atom stereocenters. The molecular formula is C44H48F2N2O6. The second-order valence-electron chi connectivity index (χ2n) is 14.9. The number of rotatable bonds is 8. The van der Waals surface area contributed by atoms with E-state index in [2.05, 4.69) is 9.80 Å². The maximum atomic E-state index is 14.5. The van der Waals surface area contributed by atoms with E-state index in [1.54, 1.807) is 14.2 Å². The number of hydrogen-bond acceptors (Lipinski definition) is 8. The van der Waals surface area contributed by atoms with E-state index in [-0.39, 0.29) is 23.8 Å². The van der Waals surface area contributed by atoms with E-state index in [1.165, 1.54) is 0 Å². The lowest BCUT2D eigenvalue weighted by Crippen LogP contribution is -2.40. The minimum Gasteiger partial charge on any atom is -0.497 e. The van der Waals surface area contributed by atoms with Gasteiger partial charge in [-0.25, -0.2) is 18.4 Å². The van der Waals surface area contributed by atoms with Crippen molar-refractivity contribution >= 4 is 11.9 Å². The van der Waals surface area contributed by atoms with E-state index in [4.69, 9.17) is 18.9 Å². The number of methoxy groups -OCH3 is 2. The Hall–Kier alpha value is -4.80. The van der Waals surface area contributed by atoms with Gasteiger partial charge in [-0.3, -0.25) is 9.80 Å². The fourth-order valence-corrected chi connectivity index (χ4v) is 8.56. The smallest absolute Gasteiger partial charge is 0.338 e. The molecule has 4 aliphatic rings. The first kappa shape index (κ1) is 37.5. The largest absolute Gasteiger partial charge is 0.497 e. The monoisotopic (exact) mass is 738 g/mol. The Morgan fingerprint density at radius 2 is 0.981 bits per heavy atom. The topological polar surface area (TPSA) is 77.5 Å². The van der Waals surface area contributed by atoms with Gasteiger partial charge in [0, 0.05) is 50.4 Å². The molecule has 4 aliphatic heterocycles. The predicted molar refractivity (Wildman–Crippen MR) is 202 cm³/mol. The Kier molecular flexibility index (Phi) is 11.3. The summed E-state index contributed by atoms with van der Waals surface area (Å²) in [5.41, 5.74) is 9.92. The molecule has 2 saturated heterocycles. The predicted octanol–water partition coefficient (Wildman–Crippen LogP) is 8.00. The molecule has 8 rings (SSSR count). The van der Waals surface area contributed by atoms with Crippen LogP contribution in [-0.4, -0.2) is 74.5 Å². The van der Waals surface area contributed by atoms with Gasteiger partial charge < -0.3 is 18.9 Å². The normalized spacial score (nSPS) is 22.4. The van der Waals surface area contributed by atoms with E-state index in [1.807, 2.05) is 86.6 Å². The van der Waals surface area contributed by atoms with Crippen molar-refractivity contribution in [1.82, 2.24) is 9.80 Å². The zero-order chi connectivity index (χ0) is 37.9. The van der Waals surface area contributed by atoms with Crippen LogP contribution in [0.3, 0.4) is 0 Å². The van der Waals surface area contributed by atoms with Crippen molar-refractivity contribution in [1.29, 1.82) is 0 Å². The van der Waals surface area contributed by atoms with E-state index < -0.39 is 12.3 Å². The number of carbonyl (C=O) groups is 2. The second-order valence-corrected chi connectivity index (χ2v) is 14.9. The summed E-state index contributed by atoms with van der Waals surface area (Å²) in [5, 5.41) is 0. The van der Waals surface area contributed by atoms with Crippen LogP contribution in [0.15, 0.2) is 72.8 Å². The van der Waals surface area contributed by atoms with Crippen molar-refractivity contribution in [3.8, 4) is 11.5 Å². The van der Waals surface area contributed by atoms with Gasteiger partial charge >= 0.3 is 11.9 Å². The molecule has 0 bridgehead atoms. The van der Waals surface area contributed by atoms with Crippen LogP contribution in [-0.2, 0) is 35.8 Å².